The fourth-order valence-electron chi connectivity index (χ4n) is 2.07. The smallest absolute Gasteiger partial charge is 0.357 e. The van der Waals surface area contributed by atoms with Crippen LogP contribution in [0.25, 0.3) is 0 Å². The number of ether oxygens (including phenoxy) is 2. The van der Waals surface area contributed by atoms with Gasteiger partial charge in [0.05, 0.1) is 19.8 Å². The Balaban J connectivity index is 2.13. The molecule has 134 valence electrons. The van der Waals surface area contributed by atoms with Gasteiger partial charge in [0.2, 0.25) is 0 Å². The second-order valence-electron chi connectivity index (χ2n) is 5.07. The van der Waals surface area contributed by atoms with Crippen molar-refractivity contribution in [3.05, 3.63) is 51.7 Å². The third kappa shape index (κ3) is 5.33. The Kier molecular flexibility index (Phi) is 7.03. The van der Waals surface area contributed by atoms with Gasteiger partial charge >= 0.3 is 5.97 Å². The molecule has 0 saturated carbocycles. The van der Waals surface area contributed by atoms with Crippen LogP contribution in [0, 0.1) is 5.82 Å². The van der Waals surface area contributed by atoms with E-state index in [-0.39, 0.29) is 24.8 Å². The van der Waals surface area contributed by atoms with Crippen LogP contribution in [0.15, 0.2) is 29.6 Å². The lowest BCUT2D eigenvalue weighted by atomic mass is 10.2. The Morgan fingerprint density at radius 1 is 1.28 bits per heavy atom. The number of carbonyl (C=O) groups excluding carboxylic acids is 2. The predicted molar refractivity (Wildman–Crippen MR) is 91.1 cm³/mol. The van der Waals surface area contributed by atoms with Crippen LogP contribution in [0.5, 0.6) is 0 Å². The van der Waals surface area contributed by atoms with Gasteiger partial charge in [-0.15, -0.1) is 11.3 Å². The van der Waals surface area contributed by atoms with Crippen molar-refractivity contribution in [3.63, 3.8) is 0 Å². The van der Waals surface area contributed by atoms with Crippen LogP contribution in [0.4, 0.5) is 4.39 Å². The standard InChI is InChI=1S/C17H19FN2O4S/c1-3-24-17(22)14-11-25-15(19-14)10-20(8-9-23-2)16(21)12-4-6-13(18)7-5-12/h4-7,11H,3,8-10H2,1-2H3. The van der Waals surface area contributed by atoms with Crippen LogP contribution < -0.4 is 0 Å². The summed E-state index contributed by atoms with van der Waals surface area (Å²) in [4.78, 5) is 30.1. The lowest BCUT2D eigenvalue weighted by Crippen LogP contribution is -2.33. The first-order valence-electron chi connectivity index (χ1n) is 7.70. The Morgan fingerprint density at radius 3 is 2.64 bits per heavy atom. The Morgan fingerprint density at radius 2 is 2.00 bits per heavy atom. The topological polar surface area (TPSA) is 68.7 Å². The Labute approximate surface area is 149 Å². The molecule has 0 aliphatic heterocycles. The number of halogens is 1. The molecule has 2 rings (SSSR count). The minimum Gasteiger partial charge on any atom is -0.461 e. The zero-order valence-corrected chi connectivity index (χ0v) is 14.8. The first kappa shape index (κ1) is 19.0. The highest BCUT2D eigenvalue weighted by Crippen LogP contribution is 2.16. The predicted octanol–water partition coefficient (Wildman–Crippen LogP) is 2.75. The summed E-state index contributed by atoms with van der Waals surface area (Å²) in [6.07, 6.45) is 0. The van der Waals surface area contributed by atoms with Gasteiger partial charge in [0.25, 0.3) is 5.91 Å². The molecule has 1 heterocycles. The van der Waals surface area contributed by atoms with E-state index < -0.39 is 11.8 Å². The van der Waals surface area contributed by atoms with Crippen molar-refractivity contribution in [3.8, 4) is 0 Å². The lowest BCUT2D eigenvalue weighted by molar-refractivity contribution is 0.0520. The maximum atomic E-state index is 13.0. The number of nitrogens with zero attached hydrogens (tertiary/aromatic N) is 2. The van der Waals surface area contributed by atoms with Gasteiger partial charge in [-0.2, -0.15) is 0 Å². The lowest BCUT2D eigenvalue weighted by Gasteiger charge is -2.21. The number of rotatable bonds is 8. The number of methoxy groups -OCH3 is 1. The maximum absolute atomic E-state index is 13.0. The summed E-state index contributed by atoms with van der Waals surface area (Å²) < 4.78 is 23.0. The molecule has 0 aliphatic carbocycles. The van der Waals surface area contributed by atoms with Crippen molar-refractivity contribution >= 4 is 23.2 Å². The third-order valence-electron chi connectivity index (χ3n) is 3.31. The van der Waals surface area contributed by atoms with E-state index in [2.05, 4.69) is 4.98 Å². The van der Waals surface area contributed by atoms with Crippen LogP contribution in [-0.2, 0) is 16.0 Å². The molecule has 1 aromatic heterocycles. The number of carbonyl (C=O) groups is 2. The van der Waals surface area contributed by atoms with E-state index in [1.54, 1.807) is 24.3 Å². The van der Waals surface area contributed by atoms with Gasteiger partial charge in [-0.1, -0.05) is 0 Å². The molecule has 0 N–H and O–H groups in total. The summed E-state index contributed by atoms with van der Waals surface area (Å²) in [5, 5.41) is 2.21. The Bertz CT molecular complexity index is 718. The summed E-state index contributed by atoms with van der Waals surface area (Å²) in [5.74, 6) is -1.15. The molecule has 8 heteroatoms. The molecule has 0 atom stereocenters. The fourth-order valence-corrected chi connectivity index (χ4v) is 2.85. The van der Waals surface area contributed by atoms with Crippen molar-refractivity contribution in [1.82, 2.24) is 9.88 Å². The molecule has 0 radical (unpaired) electrons. The highest BCUT2D eigenvalue weighted by molar-refractivity contribution is 7.09. The van der Waals surface area contributed by atoms with Crippen LogP contribution >= 0.6 is 11.3 Å². The summed E-state index contributed by atoms with van der Waals surface area (Å²) in [7, 11) is 1.54. The van der Waals surface area contributed by atoms with Crippen molar-refractivity contribution in [1.29, 1.82) is 0 Å². The molecule has 2 aromatic rings. The third-order valence-corrected chi connectivity index (χ3v) is 4.14. The number of amides is 1. The van der Waals surface area contributed by atoms with Crippen molar-refractivity contribution < 1.29 is 23.5 Å². The van der Waals surface area contributed by atoms with E-state index in [0.29, 0.717) is 23.7 Å². The number of thiazole rings is 1. The fraction of sp³-hybridized carbons (Fsp3) is 0.353. The number of benzene rings is 1. The van der Waals surface area contributed by atoms with Gasteiger partial charge in [-0.3, -0.25) is 4.79 Å². The molecule has 0 aliphatic rings. The van der Waals surface area contributed by atoms with E-state index >= 15 is 0 Å². The minimum absolute atomic E-state index is 0.225. The summed E-state index contributed by atoms with van der Waals surface area (Å²) in [6, 6.07) is 5.35. The van der Waals surface area contributed by atoms with E-state index in [0.717, 1.165) is 0 Å². The van der Waals surface area contributed by atoms with Gasteiger partial charge in [-0.25, -0.2) is 14.2 Å². The zero-order valence-electron chi connectivity index (χ0n) is 14.0. The molecular weight excluding hydrogens is 347 g/mol. The molecule has 1 amide bonds. The molecular formula is C17H19FN2O4S. The van der Waals surface area contributed by atoms with Gasteiger partial charge in [0.1, 0.15) is 10.8 Å². The summed E-state index contributed by atoms with van der Waals surface area (Å²) in [6.45, 7) is 2.92. The van der Waals surface area contributed by atoms with Gasteiger partial charge in [0, 0.05) is 24.6 Å². The van der Waals surface area contributed by atoms with Crippen LogP contribution in [0.2, 0.25) is 0 Å². The SMILES string of the molecule is CCOC(=O)c1csc(CN(CCOC)C(=O)c2ccc(F)cc2)n1. The monoisotopic (exact) mass is 366 g/mol. The van der Waals surface area contributed by atoms with E-state index in [1.165, 1.54) is 35.6 Å². The van der Waals surface area contributed by atoms with Gasteiger partial charge in [-0.05, 0) is 31.2 Å². The normalized spacial score (nSPS) is 10.5. The summed E-state index contributed by atoms with van der Waals surface area (Å²) >= 11 is 1.27. The minimum atomic E-state index is -0.488. The van der Waals surface area contributed by atoms with Crippen molar-refractivity contribution in [2.45, 2.75) is 13.5 Å². The molecule has 0 spiro atoms. The number of esters is 1. The van der Waals surface area contributed by atoms with E-state index in [1.807, 2.05) is 0 Å². The average Bonchev–Trinajstić information content (AvgIpc) is 3.07. The highest BCUT2D eigenvalue weighted by Gasteiger charge is 2.19. The quantitative estimate of drug-likeness (QED) is 0.672. The number of hydrogen-bond donors (Lipinski definition) is 0. The summed E-state index contributed by atoms with van der Waals surface area (Å²) in [5.41, 5.74) is 0.599. The zero-order chi connectivity index (χ0) is 18.2. The molecule has 1 aromatic carbocycles. The number of hydrogen-bond acceptors (Lipinski definition) is 6. The largest absolute Gasteiger partial charge is 0.461 e. The molecule has 0 unspecified atom stereocenters. The van der Waals surface area contributed by atoms with Gasteiger partial charge < -0.3 is 14.4 Å². The second-order valence-corrected chi connectivity index (χ2v) is 6.02. The molecule has 0 fully saturated rings. The molecule has 6 nitrogen and oxygen atoms in total. The molecule has 0 bridgehead atoms. The van der Waals surface area contributed by atoms with E-state index in [4.69, 9.17) is 9.47 Å². The van der Waals surface area contributed by atoms with Gasteiger partial charge in [0.15, 0.2) is 5.69 Å². The maximum Gasteiger partial charge on any atom is 0.357 e. The van der Waals surface area contributed by atoms with E-state index in [9.17, 15) is 14.0 Å². The number of aromatic nitrogens is 1. The average molecular weight is 366 g/mol. The van der Waals surface area contributed by atoms with Crippen LogP contribution in [0.1, 0.15) is 32.8 Å². The highest BCUT2D eigenvalue weighted by atomic mass is 32.1. The van der Waals surface area contributed by atoms with Crippen LogP contribution in [0.3, 0.4) is 0 Å². The second kappa shape index (κ2) is 9.24. The van der Waals surface area contributed by atoms with Crippen molar-refractivity contribution in [2.75, 3.05) is 26.9 Å². The first-order chi connectivity index (χ1) is 12.0. The van der Waals surface area contributed by atoms with Crippen LogP contribution in [-0.4, -0.2) is 48.6 Å². The Hall–Kier alpha value is -2.32. The first-order valence-corrected chi connectivity index (χ1v) is 8.58. The molecule has 25 heavy (non-hydrogen) atoms. The molecule has 0 saturated heterocycles. The van der Waals surface area contributed by atoms with Crippen molar-refractivity contribution in [2.24, 2.45) is 0 Å².